The van der Waals surface area contributed by atoms with Gasteiger partial charge < -0.3 is 5.32 Å². The highest BCUT2D eigenvalue weighted by Gasteiger charge is 2.13. The van der Waals surface area contributed by atoms with Gasteiger partial charge in [0, 0.05) is 24.7 Å². The van der Waals surface area contributed by atoms with E-state index in [-0.39, 0.29) is 12.4 Å². The lowest BCUT2D eigenvalue weighted by Gasteiger charge is -2.08. The maximum Gasteiger partial charge on any atom is 0.143 e. The molecule has 7 heteroatoms. The van der Waals surface area contributed by atoms with Gasteiger partial charge in [-0.25, -0.2) is 9.97 Å². The Morgan fingerprint density at radius 2 is 1.68 bits per heavy atom. The zero-order valence-corrected chi connectivity index (χ0v) is 18.1. The molecule has 0 aliphatic rings. The molecule has 0 aliphatic heterocycles. The van der Waals surface area contributed by atoms with E-state index in [9.17, 15) is 0 Å². The third-order valence-electron chi connectivity index (χ3n) is 3.63. The van der Waals surface area contributed by atoms with Gasteiger partial charge in [0.15, 0.2) is 0 Å². The van der Waals surface area contributed by atoms with Crippen molar-refractivity contribution in [3.63, 3.8) is 0 Å². The van der Waals surface area contributed by atoms with Crippen LogP contribution in [0.25, 0.3) is 21.3 Å². The quantitative estimate of drug-likeness (QED) is 0.286. The number of nitrogens with zero attached hydrogens (tertiary/aromatic N) is 2. The molecule has 0 aliphatic carbocycles. The molecule has 126 valence electrons. The molecule has 0 saturated carbocycles. The van der Waals surface area contributed by atoms with Crippen LogP contribution in [-0.4, -0.2) is 9.97 Å². The van der Waals surface area contributed by atoms with Crippen molar-refractivity contribution in [3.05, 3.63) is 68.3 Å². The van der Waals surface area contributed by atoms with Crippen LogP contribution in [0.1, 0.15) is 0 Å². The van der Waals surface area contributed by atoms with Gasteiger partial charge in [0.2, 0.25) is 0 Å². The van der Waals surface area contributed by atoms with Crippen LogP contribution < -0.4 is 5.32 Å². The molecule has 2 heterocycles. The maximum atomic E-state index is 4.47. The fraction of sp³-hybridized carbons (Fsp3) is 0. The highest BCUT2D eigenvalue weighted by Crippen LogP contribution is 2.37. The summed E-state index contributed by atoms with van der Waals surface area (Å²) in [5.74, 6) is 0.834. The van der Waals surface area contributed by atoms with E-state index in [1.165, 1.54) is 3.57 Å². The molecule has 0 spiro atoms. The molecule has 4 rings (SSSR count). The molecule has 2 aromatic carbocycles. The fourth-order valence-corrected chi connectivity index (χ4v) is 4.02. The van der Waals surface area contributed by atoms with Crippen LogP contribution in [0.2, 0.25) is 0 Å². The van der Waals surface area contributed by atoms with Crippen LogP contribution in [0.5, 0.6) is 0 Å². The van der Waals surface area contributed by atoms with Gasteiger partial charge in [0.25, 0.3) is 0 Å². The summed E-state index contributed by atoms with van der Waals surface area (Å²) >= 11 is 7.42. The molecule has 4 aromatic rings. The molecule has 0 amide bonds. The number of aromatic nitrogens is 2. The normalized spacial score (nSPS) is 10.5. The Bertz CT molecular complexity index is 1000. The summed E-state index contributed by atoms with van der Waals surface area (Å²) in [6, 6.07) is 16.6. The summed E-state index contributed by atoms with van der Waals surface area (Å²) in [4.78, 5) is 9.87. The zero-order valence-electron chi connectivity index (χ0n) is 12.7. The molecule has 2 aromatic heterocycles. The van der Waals surface area contributed by atoms with Gasteiger partial charge in [-0.1, -0.05) is 28.1 Å². The van der Waals surface area contributed by atoms with Crippen molar-refractivity contribution in [2.24, 2.45) is 0 Å². The summed E-state index contributed by atoms with van der Waals surface area (Å²) in [5.41, 5.74) is 3.32. The van der Waals surface area contributed by atoms with Gasteiger partial charge in [-0.3, -0.25) is 0 Å². The van der Waals surface area contributed by atoms with E-state index in [4.69, 9.17) is 0 Å². The van der Waals surface area contributed by atoms with E-state index >= 15 is 0 Å². The van der Waals surface area contributed by atoms with Gasteiger partial charge in [0.1, 0.15) is 17.0 Å². The predicted octanol–water partition coefficient (Wildman–Crippen LogP) is 6.89. The van der Waals surface area contributed by atoms with Crippen molar-refractivity contribution in [2.75, 3.05) is 5.32 Å². The Hall–Kier alpha value is -1.22. The third-order valence-corrected chi connectivity index (χ3v) is 5.77. The Labute approximate surface area is 177 Å². The number of thiophene rings is 1. The number of hydrogen-bond acceptors (Lipinski definition) is 4. The van der Waals surface area contributed by atoms with Gasteiger partial charge in [-0.15, -0.1) is 23.7 Å². The van der Waals surface area contributed by atoms with Crippen molar-refractivity contribution in [3.8, 4) is 11.1 Å². The van der Waals surface area contributed by atoms with Crippen molar-refractivity contribution in [1.29, 1.82) is 0 Å². The third kappa shape index (κ3) is 3.97. The molecule has 0 fully saturated rings. The van der Waals surface area contributed by atoms with Crippen LogP contribution in [0, 0.1) is 3.57 Å². The van der Waals surface area contributed by atoms with Crippen LogP contribution in [0.4, 0.5) is 11.5 Å². The second-order valence-electron chi connectivity index (χ2n) is 5.19. The lowest BCUT2D eigenvalue weighted by Crippen LogP contribution is -1.95. The number of hydrogen-bond donors (Lipinski definition) is 1. The first-order valence-electron chi connectivity index (χ1n) is 7.21. The van der Waals surface area contributed by atoms with Crippen molar-refractivity contribution in [1.82, 2.24) is 9.97 Å². The van der Waals surface area contributed by atoms with Gasteiger partial charge in [-0.05, 0) is 64.6 Å². The summed E-state index contributed by atoms with van der Waals surface area (Å²) in [6.45, 7) is 0. The first kappa shape index (κ1) is 18.6. The second kappa shape index (κ2) is 7.99. The number of halogens is 3. The Morgan fingerprint density at radius 1 is 0.960 bits per heavy atom. The molecule has 0 bridgehead atoms. The lowest BCUT2D eigenvalue weighted by atomic mass is 10.1. The second-order valence-corrected chi connectivity index (χ2v) is 8.21. The first-order chi connectivity index (χ1) is 11.7. The van der Waals surface area contributed by atoms with E-state index in [1.807, 2.05) is 0 Å². The van der Waals surface area contributed by atoms with Crippen LogP contribution >= 0.6 is 62.3 Å². The van der Waals surface area contributed by atoms with E-state index in [1.54, 1.807) is 17.7 Å². The van der Waals surface area contributed by atoms with E-state index in [0.717, 1.165) is 37.3 Å². The van der Waals surface area contributed by atoms with Crippen molar-refractivity contribution >= 4 is 84.0 Å². The number of benzene rings is 2. The highest BCUT2D eigenvalue weighted by atomic mass is 127. The van der Waals surface area contributed by atoms with E-state index in [0.29, 0.717) is 0 Å². The van der Waals surface area contributed by atoms with Crippen LogP contribution in [0.3, 0.4) is 0 Å². The average Bonchev–Trinajstić information content (AvgIpc) is 3.03. The summed E-state index contributed by atoms with van der Waals surface area (Å²) < 4.78 is 2.27. The molecular formula is C18H12BrClIN3S. The minimum absolute atomic E-state index is 0. The van der Waals surface area contributed by atoms with Gasteiger partial charge in [-0.2, -0.15) is 0 Å². The number of rotatable bonds is 3. The monoisotopic (exact) mass is 543 g/mol. The fourth-order valence-electron chi connectivity index (χ4n) is 2.48. The number of fused-ring (bicyclic) bond motifs is 1. The van der Waals surface area contributed by atoms with Gasteiger partial charge in [0.05, 0.1) is 5.39 Å². The standard InChI is InChI=1S/C18H11BrIN3S.ClH/c19-12-3-1-11(2-4-12)15-9-24-18-16(15)17(21-10-22-18)23-14-7-5-13(20)6-8-14;/h1-10H,(H,21,22,23);1H. The first-order valence-corrected chi connectivity index (χ1v) is 9.96. The number of nitrogens with one attached hydrogen (secondary N) is 1. The summed E-state index contributed by atoms with van der Waals surface area (Å²) in [5, 5.41) is 6.62. The van der Waals surface area contributed by atoms with Crippen molar-refractivity contribution < 1.29 is 0 Å². The Kier molecular flexibility index (Phi) is 5.93. The minimum atomic E-state index is 0. The SMILES string of the molecule is Brc1ccc(-c2csc3ncnc(Nc4ccc(I)cc4)c23)cc1.Cl. The zero-order chi connectivity index (χ0) is 16.5. The summed E-state index contributed by atoms with van der Waals surface area (Å²) in [7, 11) is 0. The topological polar surface area (TPSA) is 37.8 Å². The Morgan fingerprint density at radius 3 is 2.40 bits per heavy atom. The van der Waals surface area contributed by atoms with E-state index in [2.05, 4.69) is 108 Å². The number of anilines is 2. The van der Waals surface area contributed by atoms with Crippen molar-refractivity contribution in [2.45, 2.75) is 0 Å². The average molecular weight is 545 g/mol. The molecule has 0 unspecified atom stereocenters. The Balaban J connectivity index is 0.00000182. The summed E-state index contributed by atoms with van der Waals surface area (Å²) in [6.07, 6.45) is 1.61. The molecule has 1 N–H and O–H groups in total. The smallest absolute Gasteiger partial charge is 0.143 e. The van der Waals surface area contributed by atoms with E-state index < -0.39 is 0 Å². The highest BCUT2D eigenvalue weighted by molar-refractivity contribution is 14.1. The lowest BCUT2D eigenvalue weighted by molar-refractivity contribution is 1.23. The molecule has 0 atom stereocenters. The maximum absolute atomic E-state index is 4.47. The largest absolute Gasteiger partial charge is 0.340 e. The molecule has 25 heavy (non-hydrogen) atoms. The van der Waals surface area contributed by atoms with Gasteiger partial charge >= 0.3 is 0 Å². The minimum Gasteiger partial charge on any atom is -0.340 e. The van der Waals surface area contributed by atoms with Crippen LogP contribution in [-0.2, 0) is 0 Å². The molecule has 0 radical (unpaired) electrons. The van der Waals surface area contributed by atoms with Crippen LogP contribution in [0.15, 0.2) is 64.7 Å². The molecular weight excluding hydrogens is 533 g/mol. The molecule has 0 saturated heterocycles. The molecule has 3 nitrogen and oxygen atoms in total. The predicted molar refractivity (Wildman–Crippen MR) is 120 cm³/mol.